The van der Waals surface area contributed by atoms with Crippen molar-refractivity contribution >= 4 is 23.5 Å². The summed E-state index contributed by atoms with van der Waals surface area (Å²) in [4.78, 5) is 4.36. The van der Waals surface area contributed by atoms with Crippen LogP contribution in [0.25, 0.3) is 6.08 Å². The number of nitrogen functional groups attached to an aromatic ring is 1. The highest BCUT2D eigenvalue weighted by molar-refractivity contribution is 6.14. The second-order valence-electron chi connectivity index (χ2n) is 3.09. The van der Waals surface area contributed by atoms with Gasteiger partial charge in [0, 0.05) is 34.9 Å². The fourth-order valence-corrected chi connectivity index (χ4v) is 1.59. The molecule has 0 spiro atoms. The molecule has 0 bridgehead atoms. The Bertz CT molecular complexity index is 373. The first-order chi connectivity index (χ1) is 6.16. The van der Waals surface area contributed by atoms with Crippen LogP contribution in [0.5, 0.6) is 0 Å². The van der Waals surface area contributed by atoms with Crippen molar-refractivity contribution in [1.82, 2.24) is 9.40 Å². The lowest BCUT2D eigenvalue weighted by Gasteiger charge is -2.19. The van der Waals surface area contributed by atoms with E-state index in [-0.39, 0.29) is 0 Å². The van der Waals surface area contributed by atoms with Gasteiger partial charge < -0.3 is 5.73 Å². The zero-order valence-corrected chi connectivity index (χ0v) is 8.04. The van der Waals surface area contributed by atoms with Gasteiger partial charge >= 0.3 is 0 Å². The Morgan fingerprint density at radius 1 is 1.62 bits per heavy atom. The summed E-state index contributed by atoms with van der Waals surface area (Å²) in [6.45, 7) is 2.55. The molecule has 68 valence electrons. The van der Waals surface area contributed by atoms with Gasteiger partial charge in [0.25, 0.3) is 0 Å². The molecule has 0 saturated heterocycles. The lowest BCUT2D eigenvalue weighted by molar-refractivity contribution is 0.593. The van der Waals surface area contributed by atoms with Crippen LogP contribution in [-0.2, 0) is 6.54 Å². The summed E-state index contributed by atoms with van der Waals surface area (Å²) >= 11 is 5.82. The Balaban J connectivity index is 2.56. The Kier molecular flexibility index (Phi) is 1.88. The average molecular weight is 196 g/mol. The first-order valence-corrected chi connectivity index (χ1v) is 4.37. The summed E-state index contributed by atoms with van der Waals surface area (Å²) < 4.78 is 1.57. The van der Waals surface area contributed by atoms with E-state index in [1.54, 1.807) is 10.6 Å². The molecule has 0 radical (unpaired) electrons. The highest BCUT2D eigenvalue weighted by Gasteiger charge is 2.13. The Morgan fingerprint density at radius 3 is 3.15 bits per heavy atom. The Hall–Kier alpha value is -1.22. The van der Waals surface area contributed by atoms with Gasteiger partial charge in [0.1, 0.15) is 0 Å². The van der Waals surface area contributed by atoms with Crippen LogP contribution in [0.1, 0.15) is 17.0 Å². The van der Waals surface area contributed by atoms with Gasteiger partial charge in [0.15, 0.2) is 0 Å². The SMILES string of the molecule is Cc1cc(N)c2c(n1)C=CN(Cl)C2. The number of hydrogen-bond acceptors (Lipinski definition) is 3. The standard InChI is InChI=1S/C9H10ClN3/c1-6-4-8(11)7-5-13(10)3-2-9(7)12-6/h2-4H,5H2,1H3,(H2,11,12). The summed E-state index contributed by atoms with van der Waals surface area (Å²) in [6.07, 6.45) is 3.66. The first kappa shape index (κ1) is 8.38. The number of fused-ring (bicyclic) bond motifs is 1. The molecule has 4 heteroatoms. The maximum atomic E-state index is 5.85. The van der Waals surface area contributed by atoms with Crippen LogP contribution >= 0.6 is 11.8 Å². The number of hydrogen-bond donors (Lipinski definition) is 1. The zero-order chi connectivity index (χ0) is 9.42. The molecule has 3 nitrogen and oxygen atoms in total. The second kappa shape index (κ2) is 2.92. The molecule has 0 aliphatic carbocycles. The van der Waals surface area contributed by atoms with Crippen molar-refractivity contribution in [2.45, 2.75) is 13.5 Å². The minimum absolute atomic E-state index is 0.618. The average Bonchev–Trinajstić information content (AvgIpc) is 2.06. The van der Waals surface area contributed by atoms with Crippen LogP contribution in [0, 0.1) is 6.92 Å². The number of aromatic nitrogens is 1. The van der Waals surface area contributed by atoms with Crippen LogP contribution < -0.4 is 5.73 Å². The van der Waals surface area contributed by atoms with Crippen molar-refractivity contribution < 1.29 is 0 Å². The molecule has 1 aliphatic heterocycles. The van der Waals surface area contributed by atoms with Crippen LogP contribution in [0.4, 0.5) is 5.69 Å². The van der Waals surface area contributed by atoms with Crippen LogP contribution in [-0.4, -0.2) is 9.40 Å². The van der Waals surface area contributed by atoms with E-state index in [9.17, 15) is 0 Å². The zero-order valence-electron chi connectivity index (χ0n) is 7.29. The van der Waals surface area contributed by atoms with E-state index in [2.05, 4.69) is 4.98 Å². The van der Waals surface area contributed by atoms with Gasteiger partial charge in [-0.25, -0.2) is 0 Å². The number of halogens is 1. The van der Waals surface area contributed by atoms with Crippen molar-refractivity contribution in [1.29, 1.82) is 0 Å². The van der Waals surface area contributed by atoms with Gasteiger partial charge in [-0.3, -0.25) is 9.40 Å². The normalized spacial score (nSPS) is 14.5. The third-order valence-electron chi connectivity index (χ3n) is 2.02. The monoisotopic (exact) mass is 195 g/mol. The molecule has 13 heavy (non-hydrogen) atoms. The van der Waals surface area contributed by atoms with E-state index in [1.165, 1.54) is 0 Å². The van der Waals surface area contributed by atoms with Crippen molar-refractivity contribution in [3.05, 3.63) is 29.2 Å². The van der Waals surface area contributed by atoms with E-state index in [0.717, 1.165) is 22.6 Å². The first-order valence-electron chi connectivity index (χ1n) is 4.03. The molecule has 2 rings (SSSR count). The molecule has 0 aromatic carbocycles. The summed E-state index contributed by atoms with van der Waals surface area (Å²) in [5.41, 5.74) is 9.47. The molecule has 0 saturated carbocycles. The largest absolute Gasteiger partial charge is 0.398 e. The van der Waals surface area contributed by atoms with Crippen molar-refractivity contribution in [3.8, 4) is 0 Å². The minimum Gasteiger partial charge on any atom is -0.398 e. The molecule has 1 aliphatic rings. The molecule has 2 N–H and O–H groups in total. The van der Waals surface area contributed by atoms with Gasteiger partial charge in [-0.1, -0.05) is 0 Å². The molecular formula is C9H10ClN3. The summed E-state index contributed by atoms with van der Waals surface area (Å²) in [5.74, 6) is 0. The quantitative estimate of drug-likeness (QED) is 0.643. The Morgan fingerprint density at radius 2 is 2.38 bits per heavy atom. The summed E-state index contributed by atoms with van der Waals surface area (Å²) in [6, 6.07) is 1.86. The van der Waals surface area contributed by atoms with Gasteiger partial charge in [-0.15, -0.1) is 0 Å². The highest BCUT2D eigenvalue weighted by Crippen LogP contribution is 2.24. The molecule has 0 atom stereocenters. The lowest BCUT2D eigenvalue weighted by Crippen LogP contribution is -2.13. The molecule has 1 aromatic rings. The van der Waals surface area contributed by atoms with Crippen LogP contribution in [0.2, 0.25) is 0 Å². The molecule has 0 fully saturated rings. The fraction of sp³-hybridized carbons (Fsp3) is 0.222. The third-order valence-corrected chi connectivity index (χ3v) is 2.25. The van der Waals surface area contributed by atoms with Gasteiger partial charge in [-0.2, -0.15) is 0 Å². The number of anilines is 1. The number of aryl methyl sites for hydroxylation is 1. The van der Waals surface area contributed by atoms with E-state index in [1.807, 2.05) is 19.1 Å². The van der Waals surface area contributed by atoms with Gasteiger partial charge in [0.05, 0.1) is 12.2 Å². The molecule has 0 unspecified atom stereocenters. The third kappa shape index (κ3) is 1.47. The lowest BCUT2D eigenvalue weighted by atomic mass is 10.1. The Labute approximate surface area is 81.9 Å². The molecular weight excluding hydrogens is 186 g/mol. The van der Waals surface area contributed by atoms with Crippen molar-refractivity contribution in [3.63, 3.8) is 0 Å². The number of nitrogens with zero attached hydrogens (tertiary/aromatic N) is 2. The van der Waals surface area contributed by atoms with Crippen LogP contribution in [0.3, 0.4) is 0 Å². The van der Waals surface area contributed by atoms with Crippen molar-refractivity contribution in [2.24, 2.45) is 0 Å². The maximum Gasteiger partial charge on any atom is 0.0718 e. The smallest absolute Gasteiger partial charge is 0.0718 e. The summed E-state index contributed by atoms with van der Waals surface area (Å²) in [5, 5.41) is 0. The molecule has 0 amide bonds. The van der Waals surface area contributed by atoms with E-state index < -0.39 is 0 Å². The molecule has 1 aromatic heterocycles. The topological polar surface area (TPSA) is 42.1 Å². The van der Waals surface area contributed by atoms with Crippen molar-refractivity contribution in [2.75, 3.05) is 5.73 Å². The second-order valence-corrected chi connectivity index (χ2v) is 3.52. The minimum atomic E-state index is 0.618. The van der Waals surface area contributed by atoms with E-state index in [4.69, 9.17) is 17.5 Å². The maximum absolute atomic E-state index is 5.85. The van der Waals surface area contributed by atoms with Gasteiger partial charge in [-0.05, 0) is 19.1 Å². The van der Waals surface area contributed by atoms with E-state index >= 15 is 0 Å². The highest BCUT2D eigenvalue weighted by atomic mass is 35.5. The summed E-state index contributed by atoms with van der Waals surface area (Å²) in [7, 11) is 0. The van der Waals surface area contributed by atoms with Crippen LogP contribution in [0.15, 0.2) is 12.3 Å². The predicted molar refractivity (Wildman–Crippen MR) is 53.8 cm³/mol. The number of nitrogens with two attached hydrogens (primary N) is 1. The van der Waals surface area contributed by atoms with E-state index in [0.29, 0.717) is 6.54 Å². The molecule has 2 heterocycles. The predicted octanol–water partition coefficient (Wildman–Crippen LogP) is 1.91. The number of rotatable bonds is 0. The van der Waals surface area contributed by atoms with Gasteiger partial charge in [0.2, 0.25) is 0 Å². The fourth-order valence-electron chi connectivity index (χ4n) is 1.42. The number of pyridine rings is 1.